The molecule has 100 valence electrons. The number of anilines is 1. The van der Waals surface area contributed by atoms with Gasteiger partial charge in [0.05, 0.1) is 5.56 Å². The van der Waals surface area contributed by atoms with Crippen LogP contribution in [0.1, 0.15) is 18.1 Å². The summed E-state index contributed by atoms with van der Waals surface area (Å²) in [6.07, 6.45) is 0. The number of hydrogen-bond donors (Lipinski definition) is 2. The largest absolute Gasteiger partial charge is 0.507 e. The van der Waals surface area contributed by atoms with E-state index in [1.807, 2.05) is 24.3 Å². The number of rotatable bonds is 1. The van der Waals surface area contributed by atoms with Crippen molar-refractivity contribution in [1.29, 1.82) is 0 Å². The average molecular weight is 377 g/mol. The fourth-order valence-electron chi connectivity index (χ4n) is 1.59. The Balaban J connectivity index is 2.22. The maximum absolute atomic E-state index is 10.9. The lowest BCUT2D eigenvalue weighted by Crippen LogP contribution is -2.05. The lowest BCUT2D eigenvalue weighted by Gasteiger charge is -2.03. The van der Waals surface area contributed by atoms with Crippen LogP contribution in [-0.2, 0) is 4.79 Å². The molecular weight excluding hydrogens is 365 g/mol. The molecule has 0 saturated heterocycles. The van der Waals surface area contributed by atoms with Gasteiger partial charge in [-0.25, -0.2) is 0 Å². The summed E-state index contributed by atoms with van der Waals surface area (Å²) in [5.74, 6) is 5.77. The fraction of sp³-hybridized carbons (Fsp3) is 0.0625. The number of benzene rings is 2. The van der Waals surface area contributed by atoms with Crippen molar-refractivity contribution in [1.82, 2.24) is 0 Å². The molecule has 0 aromatic heterocycles. The zero-order valence-corrected chi connectivity index (χ0v) is 12.9. The van der Waals surface area contributed by atoms with E-state index in [0.29, 0.717) is 11.3 Å². The van der Waals surface area contributed by atoms with E-state index < -0.39 is 0 Å². The minimum absolute atomic E-state index is 0.0502. The summed E-state index contributed by atoms with van der Waals surface area (Å²) in [4.78, 5) is 10.9. The Morgan fingerprint density at radius 2 is 1.85 bits per heavy atom. The van der Waals surface area contributed by atoms with Gasteiger partial charge in [0.1, 0.15) is 5.75 Å². The van der Waals surface area contributed by atoms with Crippen LogP contribution >= 0.6 is 22.6 Å². The van der Waals surface area contributed by atoms with Crippen LogP contribution in [0.25, 0.3) is 0 Å². The van der Waals surface area contributed by atoms with Crippen LogP contribution in [0.5, 0.6) is 5.75 Å². The molecule has 0 bridgehead atoms. The van der Waals surface area contributed by atoms with E-state index in [-0.39, 0.29) is 11.7 Å². The average Bonchev–Trinajstić information content (AvgIpc) is 2.39. The van der Waals surface area contributed by atoms with Gasteiger partial charge >= 0.3 is 0 Å². The first kappa shape index (κ1) is 14.4. The quantitative estimate of drug-likeness (QED) is 0.592. The van der Waals surface area contributed by atoms with Crippen molar-refractivity contribution >= 4 is 34.2 Å². The Labute approximate surface area is 131 Å². The Morgan fingerprint density at radius 3 is 2.45 bits per heavy atom. The zero-order valence-electron chi connectivity index (χ0n) is 10.8. The summed E-state index contributed by atoms with van der Waals surface area (Å²) in [5, 5.41) is 12.5. The molecule has 2 aromatic carbocycles. The molecule has 20 heavy (non-hydrogen) atoms. The molecule has 2 aromatic rings. The molecule has 1 amide bonds. The third-order valence-corrected chi connectivity index (χ3v) is 3.22. The molecule has 0 aliphatic heterocycles. The lowest BCUT2D eigenvalue weighted by molar-refractivity contribution is -0.114. The van der Waals surface area contributed by atoms with Crippen LogP contribution in [0.2, 0.25) is 0 Å². The van der Waals surface area contributed by atoms with E-state index in [1.54, 1.807) is 12.1 Å². The number of halogens is 1. The predicted molar refractivity (Wildman–Crippen MR) is 87.5 cm³/mol. The van der Waals surface area contributed by atoms with Gasteiger partial charge in [-0.1, -0.05) is 11.8 Å². The van der Waals surface area contributed by atoms with Crippen molar-refractivity contribution in [3.8, 4) is 17.6 Å². The third kappa shape index (κ3) is 4.00. The van der Waals surface area contributed by atoms with Gasteiger partial charge in [-0.2, -0.15) is 0 Å². The normalized spacial score (nSPS) is 9.50. The standard InChI is InChI=1S/C16H12INO2/c1-11(19)18-15-9-6-13(16(20)10-15)5-2-12-3-7-14(17)8-4-12/h3-4,6-10,20H,1H3,(H,18,19). The fourth-order valence-corrected chi connectivity index (χ4v) is 1.95. The molecule has 0 aliphatic carbocycles. The molecule has 0 saturated carbocycles. The highest BCUT2D eigenvalue weighted by Crippen LogP contribution is 2.21. The number of hydrogen-bond acceptors (Lipinski definition) is 2. The molecular formula is C16H12INO2. The van der Waals surface area contributed by atoms with E-state index in [1.165, 1.54) is 13.0 Å². The molecule has 2 rings (SSSR count). The number of nitrogens with one attached hydrogen (secondary N) is 1. The summed E-state index contributed by atoms with van der Waals surface area (Å²) in [6.45, 7) is 1.42. The molecule has 0 radical (unpaired) electrons. The summed E-state index contributed by atoms with van der Waals surface area (Å²) in [5.41, 5.74) is 1.96. The summed E-state index contributed by atoms with van der Waals surface area (Å²) >= 11 is 2.23. The smallest absolute Gasteiger partial charge is 0.221 e. The van der Waals surface area contributed by atoms with E-state index in [0.717, 1.165) is 9.13 Å². The highest BCUT2D eigenvalue weighted by Gasteiger charge is 2.01. The molecule has 0 fully saturated rings. The van der Waals surface area contributed by atoms with Crippen LogP contribution in [-0.4, -0.2) is 11.0 Å². The maximum atomic E-state index is 10.9. The SMILES string of the molecule is CC(=O)Nc1ccc(C#Cc2ccc(I)cc2)c(O)c1. The van der Waals surface area contributed by atoms with Gasteiger partial charge in [-0.3, -0.25) is 4.79 Å². The number of carbonyl (C=O) groups is 1. The second kappa shape index (κ2) is 6.44. The minimum atomic E-state index is -0.179. The number of carbonyl (C=O) groups excluding carboxylic acids is 1. The van der Waals surface area contributed by atoms with E-state index in [2.05, 4.69) is 39.7 Å². The van der Waals surface area contributed by atoms with Crippen molar-refractivity contribution in [2.75, 3.05) is 5.32 Å². The minimum Gasteiger partial charge on any atom is -0.507 e. The monoisotopic (exact) mass is 377 g/mol. The molecule has 4 heteroatoms. The highest BCUT2D eigenvalue weighted by atomic mass is 127. The number of phenols is 1. The second-order valence-corrected chi connectivity index (χ2v) is 5.42. The first-order valence-electron chi connectivity index (χ1n) is 5.93. The van der Waals surface area contributed by atoms with Crippen LogP contribution in [0.3, 0.4) is 0 Å². The van der Waals surface area contributed by atoms with Gasteiger partial charge in [0.15, 0.2) is 0 Å². The highest BCUT2D eigenvalue weighted by molar-refractivity contribution is 14.1. The third-order valence-electron chi connectivity index (χ3n) is 2.50. The number of phenolic OH excluding ortho intramolecular Hbond substituents is 1. The van der Waals surface area contributed by atoms with E-state index in [9.17, 15) is 9.90 Å². The van der Waals surface area contributed by atoms with E-state index in [4.69, 9.17) is 0 Å². The molecule has 0 spiro atoms. The van der Waals surface area contributed by atoms with Gasteiger partial charge in [-0.05, 0) is 59.0 Å². The van der Waals surface area contributed by atoms with Gasteiger partial charge in [0.25, 0.3) is 0 Å². The van der Waals surface area contributed by atoms with Crippen molar-refractivity contribution < 1.29 is 9.90 Å². The summed E-state index contributed by atoms with van der Waals surface area (Å²) in [7, 11) is 0. The van der Waals surface area contributed by atoms with Crippen molar-refractivity contribution in [3.63, 3.8) is 0 Å². The van der Waals surface area contributed by atoms with Crippen molar-refractivity contribution in [2.24, 2.45) is 0 Å². The molecule has 0 unspecified atom stereocenters. The maximum Gasteiger partial charge on any atom is 0.221 e. The molecule has 0 heterocycles. The second-order valence-electron chi connectivity index (χ2n) is 4.17. The number of amides is 1. The molecule has 3 nitrogen and oxygen atoms in total. The summed E-state index contributed by atoms with van der Waals surface area (Å²) in [6, 6.07) is 12.7. The van der Waals surface area contributed by atoms with Crippen LogP contribution in [0.4, 0.5) is 5.69 Å². The van der Waals surface area contributed by atoms with Crippen LogP contribution in [0, 0.1) is 15.4 Å². The Morgan fingerprint density at radius 1 is 1.15 bits per heavy atom. The summed E-state index contributed by atoms with van der Waals surface area (Å²) < 4.78 is 1.15. The molecule has 0 aliphatic rings. The van der Waals surface area contributed by atoms with Gasteiger partial charge in [-0.15, -0.1) is 0 Å². The Bertz CT molecular complexity index is 697. The van der Waals surface area contributed by atoms with Gasteiger partial charge < -0.3 is 10.4 Å². The molecule has 2 N–H and O–H groups in total. The number of aromatic hydroxyl groups is 1. The van der Waals surface area contributed by atoms with Crippen molar-refractivity contribution in [3.05, 3.63) is 57.2 Å². The topological polar surface area (TPSA) is 49.3 Å². The zero-order chi connectivity index (χ0) is 14.5. The Hall–Kier alpha value is -2.00. The lowest BCUT2D eigenvalue weighted by atomic mass is 10.1. The van der Waals surface area contributed by atoms with Crippen molar-refractivity contribution in [2.45, 2.75) is 6.92 Å². The first-order chi connectivity index (χ1) is 9.54. The Kier molecular flexibility index (Phi) is 4.64. The molecule has 0 atom stereocenters. The van der Waals surface area contributed by atoms with Gasteiger partial charge in [0, 0.05) is 27.8 Å². The first-order valence-corrected chi connectivity index (χ1v) is 7.00. The van der Waals surface area contributed by atoms with Crippen LogP contribution in [0.15, 0.2) is 42.5 Å². The predicted octanol–water partition coefficient (Wildman–Crippen LogP) is 3.36. The van der Waals surface area contributed by atoms with Crippen LogP contribution < -0.4 is 5.32 Å². The van der Waals surface area contributed by atoms with Gasteiger partial charge in [0.2, 0.25) is 5.91 Å². The van der Waals surface area contributed by atoms with E-state index >= 15 is 0 Å².